The Kier molecular flexibility index (Phi) is 4.15. The number of pyridine rings is 1. The maximum atomic E-state index is 5.89. The first-order valence-corrected chi connectivity index (χ1v) is 6.41. The second-order valence-electron chi connectivity index (χ2n) is 4.49. The molecule has 1 unspecified atom stereocenters. The van der Waals surface area contributed by atoms with Gasteiger partial charge in [-0.3, -0.25) is 0 Å². The fraction of sp³-hybridized carbons (Fsp3) is 0.400. The van der Waals surface area contributed by atoms with E-state index >= 15 is 0 Å². The quantitative estimate of drug-likeness (QED) is 0.878. The molecule has 0 fully saturated rings. The Morgan fingerprint density at radius 2 is 2.11 bits per heavy atom. The van der Waals surface area contributed by atoms with Crippen LogP contribution in [0.4, 0.5) is 0 Å². The Hall–Kier alpha value is -1.61. The summed E-state index contributed by atoms with van der Waals surface area (Å²) < 4.78 is 5.89. The zero-order valence-electron chi connectivity index (χ0n) is 11.2. The van der Waals surface area contributed by atoms with E-state index in [0.717, 1.165) is 28.8 Å². The van der Waals surface area contributed by atoms with Gasteiger partial charge in [0.05, 0.1) is 0 Å². The molecule has 2 aromatic rings. The van der Waals surface area contributed by atoms with E-state index in [2.05, 4.69) is 29.4 Å². The second-order valence-corrected chi connectivity index (χ2v) is 4.49. The summed E-state index contributed by atoms with van der Waals surface area (Å²) in [5.41, 5.74) is 1.96. The van der Waals surface area contributed by atoms with Crippen LogP contribution in [-0.2, 0) is 0 Å². The number of rotatable bonds is 5. The third kappa shape index (κ3) is 2.79. The van der Waals surface area contributed by atoms with Crippen molar-refractivity contribution in [2.75, 3.05) is 13.7 Å². The van der Waals surface area contributed by atoms with E-state index in [-0.39, 0.29) is 0 Å². The zero-order valence-corrected chi connectivity index (χ0v) is 11.2. The van der Waals surface area contributed by atoms with Gasteiger partial charge >= 0.3 is 0 Å². The van der Waals surface area contributed by atoms with Gasteiger partial charge in [0, 0.05) is 17.1 Å². The lowest BCUT2D eigenvalue weighted by Gasteiger charge is -2.15. The summed E-state index contributed by atoms with van der Waals surface area (Å²) in [4.78, 5) is 4.56. The molecule has 0 saturated heterocycles. The third-order valence-corrected chi connectivity index (χ3v) is 3.16. The molecule has 1 atom stereocenters. The zero-order chi connectivity index (χ0) is 13.0. The molecule has 1 aromatic heterocycles. The van der Waals surface area contributed by atoms with E-state index < -0.39 is 0 Å². The highest BCUT2D eigenvalue weighted by Crippen LogP contribution is 2.24. The van der Waals surface area contributed by atoms with Crippen LogP contribution in [0.5, 0.6) is 5.75 Å². The van der Waals surface area contributed by atoms with E-state index in [1.807, 2.05) is 32.2 Å². The minimum Gasteiger partial charge on any atom is -0.490 e. The number of aryl methyl sites for hydroxylation is 1. The van der Waals surface area contributed by atoms with Gasteiger partial charge in [-0.05, 0) is 32.5 Å². The van der Waals surface area contributed by atoms with Crippen LogP contribution in [0.25, 0.3) is 10.9 Å². The normalized spacial score (nSPS) is 12.6. The molecule has 0 spiro atoms. The number of para-hydroxylation sites is 1. The molecule has 96 valence electrons. The molecule has 1 aromatic carbocycles. The van der Waals surface area contributed by atoms with Crippen LogP contribution in [-0.4, -0.2) is 24.7 Å². The average Bonchev–Trinajstić information content (AvgIpc) is 2.40. The van der Waals surface area contributed by atoms with Crippen LogP contribution in [0, 0.1) is 6.92 Å². The summed E-state index contributed by atoms with van der Waals surface area (Å²) in [6.07, 6.45) is 1.05. The van der Waals surface area contributed by atoms with Crippen molar-refractivity contribution in [3.63, 3.8) is 0 Å². The Morgan fingerprint density at radius 1 is 1.28 bits per heavy atom. The standard InChI is InChI=1S/C15H20N2O/c1-4-13(16-3)10-18-14-7-5-6-12-9-8-11(2)17-15(12)14/h5-9,13,16H,4,10H2,1-3H3. The predicted molar refractivity (Wildman–Crippen MR) is 75.1 cm³/mol. The summed E-state index contributed by atoms with van der Waals surface area (Å²) in [6, 6.07) is 10.5. The minimum absolute atomic E-state index is 0.380. The molecule has 3 nitrogen and oxygen atoms in total. The van der Waals surface area contributed by atoms with Crippen molar-refractivity contribution in [3.8, 4) is 5.75 Å². The molecule has 0 amide bonds. The molecule has 0 radical (unpaired) electrons. The highest BCUT2D eigenvalue weighted by molar-refractivity contribution is 5.84. The van der Waals surface area contributed by atoms with Crippen LogP contribution in [0.3, 0.4) is 0 Å². The van der Waals surface area contributed by atoms with Crippen molar-refractivity contribution in [2.24, 2.45) is 0 Å². The maximum Gasteiger partial charge on any atom is 0.145 e. The Bertz CT molecular complexity index is 521. The van der Waals surface area contributed by atoms with Crippen molar-refractivity contribution in [1.29, 1.82) is 0 Å². The molecule has 1 heterocycles. The minimum atomic E-state index is 0.380. The lowest BCUT2D eigenvalue weighted by Crippen LogP contribution is -2.30. The van der Waals surface area contributed by atoms with E-state index in [4.69, 9.17) is 4.74 Å². The molecule has 1 N–H and O–H groups in total. The Morgan fingerprint density at radius 3 is 2.83 bits per heavy atom. The lowest BCUT2D eigenvalue weighted by atomic mass is 10.2. The van der Waals surface area contributed by atoms with Crippen LogP contribution < -0.4 is 10.1 Å². The number of hydrogen-bond acceptors (Lipinski definition) is 3. The van der Waals surface area contributed by atoms with Gasteiger partial charge in [0.25, 0.3) is 0 Å². The molecule has 0 aliphatic rings. The number of aromatic nitrogens is 1. The number of fused-ring (bicyclic) bond motifs is 1. The first-order chi connectivity index (χ1) is 8.74. The summed E-state index contributed by atoms with van der Waals surface area (Å²) in [6.45, 7) is 4.82. The van der Waals surface area contributed by atoms with E-state index in [1.54, 1.807) is 0 Å². The number of likely N-dealkylation sites (N-methyl/N-ethyl adjacent to an activating group) is 1. The van der Waals surface area contributed by atoms with E-state index in [1.165, 1.54) is 0 Å². The maximum absolute atomic E-state index is 5.89. The van der Waals surface area contributed by atoms with E-state index in [9.17, 15) is 0 Å². The molecule has 2 rings (SSSR count). The van der Waals surface area contributed by atoms with Crippen LogP contribution in [0.2, 0.25) is 0 Å². The number of hydrogen-bond donors (Lipinski definition) is 1. The van der Waals surface area contributed by atoms with E-state index in [0.29, 0.717) is 12.6 Å². The van der Waals surface area contributed by atoms with Crippen molar-refractivity contribution >= 4 is 10.9 Å². The molecule has 0 aliphatic carbocycles. The predicted octanol–water partition coefficient (Wildman–Crippen LogP) is 2.92. The molecule has 0 saturated carbocycles. The van der Waals surface area contributed by atoms with Crippen molar-refractivity contribution in [3.05, 3.63) is 36.0 Å². The smallest absolute Gasteiger partial charge is 0.145 e. The largest absolute Gasteiger partial charge is 0.490 e. The highest BCUT2D eigenvalue weighted by Gasteiger charge is 2.07. The van der Waals surface area contributed by atoms with Gasteiger partial charge in [0.15, 0.2) is 0 Å². The lowest BCUT2D eigenvalue weighted by molar-refractivity contribution is 0.269. The molecular formula is C15H20N2O. The molecule has 0 bridgehead atoms. The monoisotopic (exact) mass is 244 g/mol. The van der Waals surface area contributed by atoms with Gasteiger partial charge in [0.2, 0.25) is 0 Å². The number of benzene rings is 1. The molecular weight excluding hydrogens is 224 g/mol. The van der Waals surface area contributed by atoms with Gasteiger partial charge < -0.3 is 10.1 Å². The van der Waals surface area contributed by atoms with Gasteiger partial charge in [0.1, 0.15) is 17.9 Å². The molecule has 18 heavy (non-hydrogen) atoms. The van der Waals surface area contributed by atoms with Gasteiger partial charge in [-0.2, -0.15) is 0 Å². The van der Waals surface area contributed by atoms with Gasteiger partial charge in [-0.1, -0.05) is 25.1 Å². The van der Waals surface area contributed by atoms with Crippen LogP contribution >= 0.6 is 0 Å². The third-order valence-electron chi connectivity index (χ3n) is 3.16. The SMILES string of the molecule is CCC(COc1cccc2ccc(C)nc12)NC. The fourth-order valence-electron chi connectivity index (χ4n) is 1.93. The Balaban J connectivity index is 2.24. The van der Waals surface area contributed by atoms with Crippen molar-refractivity contribution in [2.45, 2.75) is 26.3 Å². The average molecular weight is 244 g/mol. The summed E-state index contributed by atoms with van der Waals surface area (Å²) >= 11 is 0. The number of nitrogens with one attached hydrogen (secondary N) is 1. The van der Waals surface area contributed by atoms with Crippen molar-refractivity contribution in [1.82, 2.24) is 10.3 Å². The molecule has 3 heteroatoms. The first-order valence-electron chi connectivity index (χ1n) is 6.41. The van der Waals surface area contributed by atoms with Gasteiger partial charge in [-0.25, -0.2) is 4.98 Å². The number of ether oxygens (including phenoxy) is 1. The Labute approximate surface area is 108 Å². The topological polar surface area (TPSA) is 34.1 Å². The van der Waals surface area contributed by atoms with Crippen LogP contribution in [0.1, 0.15) is 19.0 Å². The summed E-state index contributed by atoms with van der Waals surface area (Å²) in [5, 5.41) is 4.36. The van der Waals surface area contributed by atoms with Gasteiger partial charge in [-0.15, -0.1) is 0 Å². The highest BCUT2D eigenvalue weighted by atomic mass is 16.5. The second kappa shape index (κ2) is 5.83. The first kappa shape index (κ1) is 12.8. The molecule has 0 aliphatic heterocycles. The summed E-state index contributed by atoms with van der Waals surface area (Å²) in [5.74, 6) is 0.866. The van der Waals surface area contributed by atoms with Crippen molar-refractivity contribution < 1.29 is 4.74 Å². The van der Waals surface area contributed by atoms with Crippen LogP contribution in [0.15, 0.2) is 30.3 Å². The fourth-order valence-corrected chi connectivity index (χ4v) is 1.93. The summed E-state index contributed by atoms with van der Waals surface area (Å²) in [7, 11) is 1.96. The number of nitrogens with zero attached hydrogens (tertiary/aromatic N) is 1.